The molecule has 2 heteroatoms. The number of rotatable bonds is 7. The zero-order valence-electron chi connectivity index (χ0n) is 22.5. The largest absolute Gasteiger partial charge is 0.338 e. The monoisotopic (exact) mass is 519 g/mol. The lowest BCUT2D eigenvalue weighted by atomic mass is 10.1. The normalized spacial score (nSPS) is 11.6. The minimum atomic E-state index is -2.53. The smallest absolute Gasteiger partial charge is 0.179 e. The van der Waals surface area contributed by atoms with E-state index >= 15 is 0 Å². The van der Waals surface area contributed by atoms with Crippen LogP contribution in [0.1, 0.15) is 13.8 Å². The van der Waals surface area contributed by atoms with Gasteiger partial charge in [-0.3, -0.25) is 0 Å². The fourth-order valence-electron chi connectivity index (χ4n) is 6.07. The van der Waals surface area contributed by atoms with Crippen molar-refractivity contribution in [3.63, 3.8) is 0 Å². The molecular weight excluding hydrogens is 487 g/mol. The molecule has 1 nitrogen and oxygen atoms in total. The summed E-state index contributed by atoms with van der Waals surface area (Å²) in [5, 5.41) is 8.11. The van der Waals surface area contributed by atoms with Gasteiger partial charge in [-0.15, -0.1) is 0 Å². The molecule has 0 saturated carbocycles. The highest BCUT2D eigenvalue weighted by Gasteiger charge is 2.41. The highest BCUT2D eigenvalue weighted by Crippen LogP contribution is 2.34. The number of anilines is 2. The predicted octanol–water partition coefficient (Wildman–Crippen LogP) is 6.76. The second-order valence-electron chi connectivity index (χ2n) is 10.4. The molecule has 0 bridgehead atoms. The Balaban J connectivity index is 1.55. The Kier molecular flexibility index (Phi) is 6.87. The van der Waals surface area contributed by atoms with E-state index in [-0.39, 0.29) is 0 Å². The van der Waals surface area contributed by atoms with Crippen LogP contribution in [0.4, 0.5) is 11.4 Å². The molecule has 0 saturated heterocycles. The zero-order chi connectivity index (χ0) is 26.7. The maximum atomic E-state index is 2.46. The van der Waals surface area contributed by atoms with Crippen molar-refractivity contribution < 1.29 is 0 Å². The van der Waals surface area contributed by atoms with Crippen molar-refractivity contribution in [2.45, 2.75) is 19.9 Å². The minimum absolute atomic E-state index is 0.307. The highest BCUT2D eigenvalue weighted by atomic mass is 28.3. The summed E-state index contributed by atoms with van der Waals surface area (Å²) in [6, 6.07) is 58.3. The SMILES string of the molecule is CC(C)N(c1ccc([Si](c2ccccc2)(c2ccccc2)c2ccccc2)cc1)c1cccc2ccccc12. The summed E-state index contributed by atoms with van der Waals surface area (Å²) in [7, 11) is -2.53. The van der Waals surface area contributed by atoms with E-state index in [2.05, 4.69) is 176 Å². The molecule has 0 aliphatic rings. The molecule has 6 rings (SSSR count). The van der Waals surface area contributed by atoms with E-state index in [1.54, 1.807) is 0 Å². The molecule has 0 N–H and O–H groups in total. The molecule has 0 spiro atoms. The van der Waals surface area contributed by atoms with Crippen molar-refractivity contribution in [1.82, 2.24) is 0 Å². The lowest BCUT2D eigenvalue weighted by Gasteiger charge is -2.35. The summed E-state index contributed by atoms with van der Waals surface area (Å²) in [6.45, 7) is 4.54. The molecule has 0 amide bonds. The van der Waals surface area contributed by atoms with Crippen LogP contribution in [0, 0.1) is 0 Å². The Hall–Kier alpha value is -4.40. The average Bonchev–Trinajstić information content (AvgIpc) is 3.00. The molecule has 0 heterocycles. The van der Waals surface area contributed by atoms with Crippen LogP contribution in [-0.4, -0.2) is 14.1 Å². The molecular formula is C37H33NSi. The van der Waals surface area contributed by atoms with Gasteiger partial charge < -0.3 is 4.90 Å². The first-order valence-corrected chi connectivity index (χ1v) is 15.7. The van der Waals surface area contributed by atoms with E-state index in [1.807, 2.05) is 0 Å². The van der Waals surface area contributed by atoms with Crippen LogP contribution in [-0.2, 0) is 0 Å². The average molecular weight is 520 g/mol. The van der Waals surface area contributed by atoms with Crippen LogP contribution < -0.4 is 25.6 Å². The Morgan fingerprint density at radius 1 is 0.436 bits per heavy atom. The van der Waals surface area contributed by atoms with Gasteiger partial charge in [0.25, 0.3) is 0 Å². The molecule has 0 unspecified atom stereocenters. The fourth-order valence-corrected chi connectivity index (χ4v) is 10.8. The molecule has 0 aromatic heterocycles. The lowest BCUT2D eigenvalue weighted by Crippen LogP contribution is -2.74. The molecule has 6 aromatic carbocycles. The maximum absolute atomic E-state index is 2.53. The van der Waals surface area contributed by atoms with Gasteiger partial charge in [-0.1, -0.05) is 140 Å². The highest BCUT2D eigenvalue weighted by molar-refractivity contribution is 7.19. The van der Waals surface area contributed by atoms with Crippen molar-refractivity contribution in [2.75, 3.05) is 4.90 Å². The first kappa shape index (κ1) is 24.9. The van der Waals surface area contributed by atoms with E-state index < -0.39 is 8.07 Å². The quantitative estimate of drug-likeness (QED) is 0.166. The van der Waals surface area contributed by atoms with E-state index in [4.69, 9.17) is 0 Å². The van der Waals surface area contributed by atoms with Crippen molar-refractivity contribution >= 4 is 51.0 Å². The molecule has 39 heavy (non-hydrogen) atoms. The minimum Gasteiger partial charge on any atom is -0.338 e. The van der Waals surface area contributed by atoms with Gasteiger partial charge >= 0.3 is 0 Å². The lowest BCUT2D eigenvalue weighted by molar-refractivity contribution is 0.791. The van der Waals surface area contributed by atoms with Gasteiger partial charge in [0.2, 0.25) is 0 Å². The second kappa shape index (κ2) is 10.8. The van der Waals surface area contributed by atoms with Gasteiger partial charge in [0, 0.05) is 22.8 Å². The topological polar surface area (TPSA) is 3.24 Å². The Bertz CT molecular complexity index is 1560. The molecule has 0 radical (unpaired) electrons. The van der Waals surface area contributed by atoms with Gasteiger partial charge in [0.15, 0.2) is 8.07 Å². The molecule has 0 aliphatic carbocycles. The van der Waals surface area contributed by atoms with E-state index in [1.165, 1.54) is 42.9 Å². The number of hydrogen-bond donors (Lipinski definition) is 0. The van der Waals surface area contributed by atoms with Crippen LogP contribution in [0.2, 0.25) is 0 Å². The van der Waals surface area contributed by atoms with E-state index in [9.17, 15) is 0 Å². The molecule has 190 valence electrons. The summed E-state index contributed by atoms with van der Waals surface area (Å²) >= 11 is 0. The summed E-state index contributed by atoms with van der Waals surface area (Å²) in [4.78, 5) is 2.46. The third kappa shape index (κ3) is 4.47. The zero-order valence-corrected chi connectivity index (χ0v) is 23.5. The first-order valence-electron chi connectivity index (χ1n) is 13.7. The summed E-state index contributed by atoms with van der Waals surface area (Å²) < 4.78 is 0. The van der Waals surface area contributed by atoms with Gasteiger partial charge in [-0.05, 0) is 58.2 Å². The van der Waals surface area contributed by atoms with Gasteiger partial charge in [-0.2, -0.15) is 0 Å². The van der Waals surface area contributed by atoms with Crippen molar-refractivity contribution in [3.8, 4) is 0 Å². The van der Waals surface area contributed by atoms with Crippen LogP contribution in [0.15, 0.2) is 158 Å². The summed E-state index contributed by atoms with van der Waals surface area (Å²) in [6.07, 6.45) is 0. The number of benzene rings is 6. The van der Waals surface area contributed by atoms with Crippen LogP contribution in [0.3, 0.4) is 0 Å². The van der Waals surface area contributed by atoms with Gasteiger partial charge in [0.1, 0.15) is 0 Å². The van der Waals surface area contributed by atoms with Gasteiger partial charge in [0.05, 0.1) is 0 Å². The Morgan fingerprint density at radius 3 is 1.38 bits per heavy atom. The number of fused-ring (bicyclic) bond motifs is 1. The summed E-state index contributed by atoms with van der Waals surface area (Å²) in [5.41, 5.74) is 2.45. The van der Waals surface area contributed by atoms with Crippen molar-refractivity contribution in [1.29, 1.82) is 0 Å². The molecule has 0 fully saturated rings. The molecule has 6 aromatic rings. The van der Waals surface area contributed by atoms with Crippen LogP contribution in [0.25, 0.3) is 10.8 Å². The fraction of sp³-hybridized carbons (Fsp3) is 0.0811. The van der Waals surface area contributed by atoms with E-state index in [0.29, 0.717) is 6.04 Å². The standard InChI is InChI=1S/C37H33NSi/c1-29(2)38(37-24-14-16-30-15-12-13-23-36(30)37)31-25-27-35(28-26-31)39(32-17-6-3-7-18-32,33-19-8-4-9-20-33)34-21-10-5-11-22-34/h3-29H,1-2H3. The maximum Gasteiger partial charge on any atom is 0.179 e. The van der Waals surface area contributed by atoms with Crippen LogP contribution in [0.5, 0.6) is 0 Å². The number of hydrogen-bond acceptors (Lipinski definition) is 1. The molecule has 0 atom stereocenters. The van der Waals surface area contributed by atoms with Gasteiger partial charge in [-0.25, -0.2) is 0 Å². The first-order chi connectivity index (χ1) is 19.2. The molecule has 0 aliphatic heterocycles. The Morgan fingerprint density at radius 2 is 0.872 bits per heavy atom. The predicted molar refractivity (Wildman–Crippen MR) is 171 cm³/mol. The summed E-state index contributed by atoms with van der Waals surface area (Å²) in [5.74, 6) is 0. The van der Waals surface area contributed by atoms with Crippen molar-refractivity contribution in [2.24, 2.45) is 0 Å². The Labute approximate surface area is 233 Å². The van der Waals surface area contributed by atoms with Crippen molar-refractivity contribution in [3.05, 3.63) is 158 Å². The third-order valence-corrected chi connectivity index (χ3v) is 12.5. The van der Waals surface area contributed by atoms with E-state index in [0.717, 1.165) is 0 Å². The third-order valence-electron chi connectivity index (χ3n) is 7.74. The number of nitrogens with zero attached hydrogens (tertiary/aromatic N) is 1. The van der Waals surface area contributed by atoms with Crippen LogP contribution >= 0.6 is 0 Å². The second-order valence-corrected chi connectivity index (χ2v) is 14.2.